The Morgan fingerprint density at radius 3 is 2.00 bits per heavy atom. The summed E-state index contributed by atoms with van der Waals surface area (Å²) >= 11 is 0. The van der Waals surface area contributed by atoms with Gasteiger partial charge in [-0.25, -0.2) is 9.59 Å². The average Bonchev–Trinajstić information content (AvgIpc) is 3.29. The number of rotatable bonds is 4. The fraction of sp³-hybridized carbons (Fsp3) is 0.391. The highest BCUT2D eigenvalue weighted by molar-refractivity contribution is 5.91. The maximum atomic E-state index is 12.7. The molecule has 4 atom stereocenters. The Kier molecular flexibility index (Phi) is 4.50. The van der Waals surface area contributed by atoms with Gasteiger partial charge in [0.05, 0.1) is 11.1 Å². The van der Waals surface area contributed by atoms with Crippen LogP contribution in [0.3, 0.4) is 0 Å². The standard InChI is InChI=1S/C23H24O5/c1-22(2,3)18-19(27-20(24)15-10-6-4-7-11-15)23(14-17(23)26-18)28-21(25)16-12-8-5-9-13-16/h4-13,17-19H,14H2,1-3H3/t17-,18-,19?,23?/m0/s1. The van der Waals surface area contributed by atoms with E-state index in [1.165, 1.54) is 0 Å². The molecule has 4 rings (SSSR count). The molecule has 2 unspecified atom stereocenters. The minimum atomic E-state index is -0.921. The molecule has 28 heavy (non-hydrogen) atoms. The molecule has 0 bridgehead atoms. The molecule has 2 aromatic rings. The molecule has 1 aliphatic carbocycles. The third kappa shape index (κ3) is 3.31. The van der Waals surface area contributed by atoms with Crippen molar-refractivity contribution >= 4 is 11.9 Å². The molecular weight excluding hydrogens is 356 g/mol. The number of ether oxygens (including phenoxy) is 3. The van der Waals surface area contributed by atoms with Gasteiger partial charge < -0.3 is 14.2 Å². The van der Waals surface area contributed by atoms with Crippen molar-refractivity contribution < 1.29 is 23.8 Å². The molecule has 2 fully saturated rings. The smallest absolute Gasteiger partial charge is 0.338 e. The van der Waals surface area contributed by atoms with Gasteiger partial charge in [-0.15, -0.1) is 0 Å². The highest BCUT2D eigenvalue weighted by atomic mass is 16.7. The summed E-state index contributed by atoms with van der Waals surface area (Å²) in [5.41, 5.74) is -0.269. The molecule has 1 saturated heterocycles. The van der Waals surface area contributed by atoms with Crippen molar-refractivity contribution in [2.45, 2.75) is 51.1 Å². The molecule has 0 radical (unpaired) electrons. The Labute approximate surface area is 164 Å². The summed E-state index contributed by atoms with van der Waals surface area (Å²) < 4.78 is 17.9. The zero-order valence-corrected chi connectivity index (χ0v) is 16.3. The summed E-state index contributed by atoms with van der Waals surface area (Å²) in [6.07, 6.45) is -0.733. The summed E-state index contributed by atoms with van der Waals surface area (Å²) in [7, 11) is 0. The second-order valence-electron chi connectivity index (χ2n) is 8.52. The van der Waals surface area contributed by atoms with Crippen LogP contribution >= 0.6 is 0 Å². The molecule has 5 nitrogen and oxygen atoms in total. The van der Waals surface area contributed by atoms with E-state index in [2.05, 4.69) is 0 Å². The van der Waals surface area contributed by atoms with E-state index in [1.807, 2.05) is 32.9 Å². The van der Waals surface area contributed by atoms with Crippen LogP contribution in [-0.2, 0) is 14.2 Å². The van der Waals surface area contributed by atoms with Gasteiger partial charge in [0.2, 0.25) is 0 Å². The lowest BCUT2D eigenvalue weighted by molar-refractivity contribution is -0.0884. The van der Waals surface area contributed by atoms with Crippen LogP contribution in [0.5, 0.6) is 0 Å². The summed E-state index contributed by atoms with van der Waals surface area (Å²) in [5, 5.41) is 0. The molecule has 1 aliphatic heterocycles. The second-order valence-corrected chi connectivity index (χ2v) is 8.52. The molecule has 0 amide bonds. The van der Waals surface area contributed by atoms with Crippen LogP contribution in [0.2, 0.25) is 0 Å². The van der Waals surface area contributed by atoms with Crippen LogP contribution in [0.25, 0.3) is 0 Å². The Morgan fingerprint density at radius 2 is 1.46 bits per heavy atom. The van der Waals surface area contributed by atoms with Crippen LogP contribution in [0.15, 0.2) is 60.7 Å². The van der Waals surface area contributed by atoms with E-state index in [4.69, 9.17) is 14.2 Å². The molecule has 1 heterocycles. The lowest BCUT2D eigenvalue weighted by Crippen LogP contribution is -2.47. The van der Waals surface area contributed by atoms with E-state index in [9.17, 15) is 9.59 Å². The van der Waals surface area contributed by atoms with E-state index in [0.717, 1.165) is 0 Å². The summed E-state index contributed by atoms with van der Waals surface area (Å²) in [6, 6.07) is 17.7. The average molecular weight is 380 g/mol. The Balaban J connectivity index is 1.59. The number of esters is 2. The van der Waals surface area contributed by atoms with Crippen molar-refractivity contribution in [2.24, 2.45) is 5.41 Å². The van der Waals surface area contributed by atoms with Gasteiger partial charge in [-0.1, -0.05) is 57.2 Å². The van der Waals surface area contributed by atoms with Crippen molar-refractivity contribution in [3.63, 3.8) is 0 Å². The molecule has 2 aliphatic rings. The first-order chi connectivity index (χ1) is 13.3. The first-order valence-electron chi connectivity index (χ1n) is 9.51. The summed E-state index contributed by atoms with van der Waals surface area (Å²) in [6.45, 7) is 6.08. The number of fused-ring (bicyclic) bond motifs is 1. The fourth-order valence-electron chi connectivity index (χ4n) is 3.75. The van der Waals surface area contributed by atoms with Gasteiger partial charge in [-0.05, 0) is 29.7 Å². The lowest BCUT2D eigenvalue weighted by Gasteiger charge is -2.34. The predicted octanol–water partition coefficient (Wildman–Crippen LogP) is 4.03. The largest absolute Gasteiger partial charge is 0.452 e. The monoisotopic (exact) mass is 380 g/mol. The quantitative estimate of drug-likeness (QED) is 0.750. The number of hydrogen-bond acceptors (Lipinski definition) is 5. The summed E-state index contributed by atoms with van der Waals surface area (Å²) in [4.78, 5) is 25.4. The maximum absolute atomic E-state index is 12.7. The minimum absolute atomic E-state index is 0.252. The van der Waals surface area contributed by atoms with Gasteiger partial charge in [0.1, 0.15) is 12.2 Å². The molecule has 0 aromatic heterocycles. The van der Waals surface area contributed by atoms with E-state index >= 15 is 0 Å². The van der Waals surface area contributed by atoms with E-state index < -0.39 is 23.6 Å². The third-order valence-corrected chi connectivity index (χ3v) is 5.35. The van der Waals surface area contributed by atoms with Crippen LogP contribution in [0.1, 0.15) is 47.9 Å². The minimum Gasteiger partial charge on any atom is -0.452 e. The fourth-order valence-corrected chi connectivity index (χ4v) is 3.75. The second kappa shape index (κ2) is 6.74. The van der Waals surface area contributed by atoms with Gasteiger partial charge >= 0.3 is 11.9 Å². The van der Waals surface area contributed by atoms with Gasteiger partial charge in [0.25, 0.3) is 0 Å². The van der Waals surface area contributed by atoms with Crippen molar-refractivity contribution in [3.05, 3.63) is 71.8 Å². The Hall–Kier alpha value is -2.66. The van der Waals surface area contributed by atoms with E-state index in [0.29, 0.717) is 17.5 Å². The molecule has 0 N–H and O–H groups in total. The maximum Gasteiger partial charge on any atom is 0.338 e. The lowest BCUT2D eigenvalue weighted by atomic mass is 9.84. The van der Waals surface area contributed by atoms with Crippen molar-refractivity contribution in [1.82, 2.24) is 0 Å². The molecule has 2 aromatic carbocycles. The topological polar surface area (TPSA) is 61.8 Å². The molecule has 1 saturated carbocycles. The van der Waals surface area contributed by atoms with Crippen LogP contribution in [0, 0.1) is 5.41 Å². The molecule has 0 spiro atoms. The summed E-state index contributed by atoms with van der Waals surface area (Å²) in [5.74, 6) is -0.867. The number of benzene rings is 2. The van der Waals surface area contributed by atoms with E-state index in [-0.39, 0.29) is 17.6 Å². The zero-order valence-electron chi connectivity index (χ0n) is 16.3. The Bertz CT molecular complexity index is 871. The van der Waals surface area contributed by atoms with Crippen molar-refractivity contribution in [2.75, 3.05) is 0 Å². The third-order valence-electron chi connectivity index (χ3n) is 5.35. The van der Waals surface area contributed by atoms with Gasteiger partial charge in [0, 0.05) is 6.42 Å². The number of hydrogen-bond donors (Lipinski definition) is 0. The van der Waals surface area contributed by atoms with Crippen LogP contribution < -0.4 is 0 Å². The van der Waals surface area contributed by atoms with Gasteiger partial charge in [-0.2, -0.15) is 0 Å². The van der Waals surface area contributed by atoms with Gasteiger partial charge in [0.15, 0.2) is 11.7 Å². The van der Waals surface area contributed by atoms with Crippen LogP contribution in [0.4, 0.5) is 0 Å². The Morgan fingerprint density at radius 1 is 0.929 bits per heavy atom. The predicted molar refractivity (Wildman–Crippen MR) is 103 cm³/mol. The highest BCUT2D eigenvalue weighted by Crippen LogP contribution is 2.57. The van der Waals surface area contributed by atoms with Gasteiger partial charge in [-0.3, -0.25) is 0 Å². The van der Waals surface area contributed by atoms with Crippen LogP contribution in [-0.4, -0.2) is 35.9 Å². The van der Waals surface area contributed by atoms with Crippen molar-refractivity contribution in [1.29, 1.82) is 0 Å². The van der Waals surface area contributed by atoms with E-state index in [1.54, 1.807) is 48.5 Å². The molecule has 5 heteroatoms. The first kappa shape index (κ1) is 18.7. The van der Waals surface area contributed by atoms with Crippen molar-refractivity contribution in [3.8, 4) is 0 Å². The zero-order chi connectivity index (χ0) is 19.9. The molecule has 146 valence electrons. The normalized spacial score (nSPS) is 28.3. The number of carbonyl (C=O) groups is 2. The highest BCUT2D eigenvalue weighted by Gasteiger charge is 2.75. The first-order valence-corrected chi connectivity index (χ1v) is 9.51. The molecular formula is C23H24O5. The SMILES string of the molecule is CC(C)(C)[C@H]1O[C@H]2CC2(OC(=O)c2ccccc2)C1OC(=O)c1ccccc1. The number of carbonyl (C=O) groups excluding carboxylic acids is 2.